The molecule has 0 saturated carbocycles. The van der Waals surface area contributed by atoms with Crippen LogP contribution < -0.4 is 0 Å². The second kappa shape index (κ2) is 8.57. The van der Waals surface area contributed by atoms with Crippen LogP contribution in [0.15, 0.2) is 24.3 Å². The first-order valence-corrected chi connectivity index (χ1v) is 7.67. The number of aliphatic hydroxyl groups is 2. The molecule has 4 atom stereocenters. The van der Waals surface area contributed by atoms with Crippen molar-refractivity contribution in [2.45, 2.75) is 62.9 Å². The van der Waals surface area contributed by atoms with Gasteiger partial charge in [0.25, 0.3) is 0 Å². The number of hydrogen-bond donors (Lipinski definition) is 2. The first-order valence-electron chi connectivity index (χ1n) is 7.67. The summed E-state index contributed by atoms with van der Waals surface area (Å²) in [6.45, 7) is 0.314. The average molecular weight is 282 g/mol. The SMILES string of the molecule is OC[C@H]1O[C@@H]1CC/C=C/CC/C=C/CC[C@H]1O[C@@H]1CO. The average Bonchev–Trinajstić information content (AvgIpc) is 3.35. The molecular weight excluding hydrogens is 256 g/mol. The molecule has 2 fully saturated rings. The fourth-order valence-corrected chi connectivity index (χ4v) is 2.37. The lowest BCUT2D eigenvalue weighted by Crippen LogP contribution is -1.98. The zero-order valence-electron chi connectivity index (χ0n) is 12.0. The summed E-state index contributed by atoms with van der Waals surface area (Å²) in [7, 11) is 0. The third-order valence-corrected chi connectivity index (χ3v) is 3.80. The van der Waals surface area contributed by atoms with Gasteiger partial charge in [-0.15, -0.1) is 0 Å². The second-order valence-electron chi connectivity index (χ2n) is 5.47. The Hall–Kier alpha value is -0.680. The number of aliphatic hydroxyl groups excluding tert-OH is 2. The molecular formula is C16H26O4. The van der Waals surface area contributed by atoms with Crippen LogP contribution in [-0.4, -0.2) is 47.8 Å². The fraction of sp³-hybridized carbons (Fsp3) is 0.750. The minimum absolute atomic E-state index is 0.104. The maximum atomic E-state index is 8.82. The number of ether oxygens (including phenoxy) is 2. The van der Waals surface area contributed by atoms with E-state index < -0.39 is 0 Å². The van der Waals surface area contributed by atoms with E-state index in [1.165, 1.54) is 0 Å². The van der Waals surface area contributed by atoms with Gasteiger partial charge in [-0.05, 0) is 38.5 Å². The van der Waals surface area contributed by atoms with Crippen molar-refractivity contribution in [2.24, 2.45) is 0 Å². The van der Waals surface area contributed by atoms with Gasteiger partial charge in [-0.3, -0.25) is 0 Å². The lowest BCUT2D eigenvalue weighted by atomic mass is 10.1. The van der Waals surface area contributed by atoms with Gasteiger partial charge in [-0.1, -0.05) is 24.3 Å². The van der Waals surface area contributed by atoms with E-state index in [0.717, 1.165) is 38.5 Å². The van der Waals surface area contributed by atoms with Crippen LogP contribution in [0.25, 0.3) is 0 Å². The molecule has 20 heavy (non-hydrogen) atoms. The van der Waals surface area contributed by atoms with Gasteiger partial charge in [-0.2, -0.15) is 0 Å². The van der Waals surface area contributed by atoms with Crippen LogP contribution in [0.4, 0.5) is 0 Å². The smallest absolute Gasteiger partial charge is 0.107 e. The van der Waals surface area contributed by atoms with Crippen molar-refractivity contribution in [1.29, 1.82) is 0 Å². The van der Waals surface area contributed by atoms with Crippen molar-refractivity contribution >= 4 is 0 Å². The molecule has 4 heteroatoms. The molecule has 2 rings (SSSR count). The highest BCUT2D eigenvalue weighted by Crippen LogP contribution is 2.26. The molecule has 0 unspecified atom stereocenters. The Morgan fingerprint density at radius 2 is 1.00 bits per heavy atom. The number of epoxide rings is 2. The topological polar surface area (TPSA) is 65.5 Å². The molecule has 0 aromatic carbocycles. The van der Waals surface area contributed by atoms with Crippen LogP contribution in [0.5, 0.6) is 0 Å². The van der Waals surface area contributed by atoms with Gasteiger partial charge in [0.05, 0.1) is 25.4 Å². The lowest BCUT2D eigenvalue weighted by Gasteiger charge is -1.91. The quantitative estimate of drug-likeness (QED) is 0.345. The largest absolute Gasteiger partial charge is 0.394 e. The summed E-state index contributed by atoms with van der Waals surface area (Å²) in [5, 5.41) is 17.6. The Morgan fingerprint density at radius 3 is 1.35 bits per heavy atom. The van der Waals surface area contributed by atoms with E-state index in [4.69, 9.17) is 19.7 Å². The fourth-order valence-electron chi connectivity index (χ4n) is 2.37. The lowest BCUT2D eigenvalue weighted by molar-refractivity contribution is 0.241. The number of allylic oxidation sites excluding steroid dienone is 4. The van der Waals surface area contributed by atoms with Gasteiger partial charge < -0.3 is 19.7 Å². The molecule has 0 radical (unpaired) electrons. The van der Waals surface area contributed by atoms with Crippen LogP contribution in [0.3, 0.4) is 0 Å². The van der Waals surface area contributed by atoms with Gasteiger partial charge in [0.2, 0.25) is 0 Å². The van der Waals surface area contributed by atoms with E-state index >= 15 is 0 Å². The summed E-state index contributed by atoms with van der Waals surface area (Å²) in [6, 6.07) is 0. The molecule has 0 spiro atoms. The molecule has 0 aromatic rings. The number of hydrogen-bond acceptors (Lipinski definition) is 4. The highest BCUT2D eigenvalue weighted by molar-refractivity contribution is 4.92. The molecule has 0 bridgehead atoms. The molecule has 2 aliphatic rings. The van der Waals surface area contributed by atoms with Crippen LogP contribution >= 0.6 is 0 Å². The minimum atomic E-state index is 0.104. The van der Waals surface area contributed by atoms with Gasteiger partial charge in [0.15, 0.2) is 0 Å². The van der Waals surface area contributed by atoms with Crippen molar-refractivity contribution in [3.8, 4) is 0 Å². The van der Waals surface area contributed by atoms with E-state index in [0.29, 0.717) is 0 Å². The Balaban J connectivity index is 1.36. The van der Waals surface area contributed by atoms with Crippen LogP contribution in [0.2, 0.25) is 0 Å². The van der Waals surface area contributed by atoms with Crippen molar-refractivity contribution in [3.63, 3.8) is 0 Å². The predicted molar refractivity (Wildman–Crippen MR) is 77.5 cm³/mol. The molecule has 0 aliphatic carbocycles. The van der Waals surface area contributed by atoms with Crippen molar-refractivity contribution in [2.75, 3.05) is 13.2 Å². The van der Waals surface area contributed by atoms with E-state index in [-0.39, 0.29) is 37.6 Å². The van der Waals surface area contributed by atoms with Crippen molar-refractivity contribution in [1.82, 2.24) is 0 Å². The summed E-state index contributed by atoms with van der Waals surface area (Å²) in [5.74, 6) is 0. The normalized spacial score (nSPS) is 32.3. The van der Waals surface area contributed by atoms with Crippen molar-refractivity contribution in [3.05, 3.63) is 24.3 Å². The second-order valence-corrected chi connectivity index (χ2v) is 5.47. The van der Waals surface area contributed by atoms with Gasteiger partial charge in [0, 0.05) is 0 Å². The molecule has 2 aliphatic heterocycles. The summed E-state index contributed by atoms with van der Waals surface area (Å²) in [4.78, 5) is 0. The zero-order chi connectivity index (χ0) is 14.2. The molecule has 4 nitrogen and oxygen atoms in total. The zero-order valence-corrected chi connectivity index (χ0v) is 12.0. The Bertz CT molecular complexity index is 294. The third-order valence-electron chi connectivity index (χ3n) is 3.80. The maximum Gasteiger partial charge on any atom is 0.107 e. The van der Waals surface area contributed by atoms with E-state index in [2.05, 4.69) is 24.3 Å². The van der Waals surface area contributed by atoms with E-state index in [1.807, 2.05) is 0 Å². The Kier molecular flexibility index (Phi) is 6.73. The monoisotopic (exact) mass is 282 g/mol. The van der Waals surface area contributed by atoms with Crippen molar-refractivity contribution < 1.29 is 19.7 Å². The third kappa shape index (κ3) is 5.75. The molecule has 114 valence electrons. The predicted octanol–water partition coefficient (Wildman–Crippen LogP) is 1.96. The Labute approximate surface area is 121 Å². The van der Waals surface area contributed by atoms with Gasteiger partial charge >= 0.3 is 0 Å². The first kappa shape index (κ1) is 15.7. The van der Waals surface area contributed by atoms with Crippen LogP contribution in [0, 0.1) is 0 Å². The van der Waals surface area contributed by atoms with E-state index in [9.17, 15) is 0 Å². The minimum Gasteiger partial charge on any atom is -0.394 e. The molecule has 2 saturated heterocycles. The summed E-state index contributed by atoms with van der Waals surface area (Å²) >= 11 is 0. The maximum absolute atomic E-state index is 8.82. The standard InChI is InChI=1S/C16H26O4/c17-11-15-13(19-15)9-7-5-3-1-2-4-6-8-10-14-16(12-18)20-14/h3-6,13-18H,1-2,7-12H2/b5-3+,6-4+/t13-,14-,15-,16-/m1/s1. The van der Waals surface area contributed by atoms with Crippen LogP contribution in [0.1, 0.15) is 38.5 Å². The number of rotatable bonds is 11. The summed E-state index contributed by atoms with van der Waals surface area (Å²) in [5.41, 5.74) is 0. The van der Waals surface area contributed by atoms with Gasteiger partial charge in [0.1, 0.15) is 12.2 Å². The highest BCUT2D eigenvalue weighted by atomic mass is 16.6. The summed E-state index contributed by atoms with van der Waals surface area (Å²) in [6.07, 6.45) is 15.9. The molecule has 0 aromatic heterocycles. The van der Waals surface area contributed by atoms with Gasteiger partial charge in [-0.25, -0.2) is 0 Å². The molecule has 0 amide bonds. The highest BCUT2D eigenvalue weighted by Gasteiger charge is 2.37. The number of unbranched alkanes of at least 4 members (excludes halogenated alkanes) is 1. The first-order chi connectivity index (χ1) is 9.85. The van der Waals surface area contributed by atoms with Crippen LogP contribution in [-0.2, 0) is 9.47 Å². The molecule has 2 heterocycles. The molecule has 2 N–H and O–H groups in total. The van der Waals surface area contributed by atoms with E-state index in [1.54, 1.807) is 0 Å². The summed E-state index contributed by atoms with van der Waals surface area (Å²) < 4.78 is 10.5. The Morgan fingerprint density at radius 1 is 0.600 bits per heavy atom.